The van der Waals surface area contributed by atoms with Gasteiger partial charge in [-0.2, -0.15) is 5.26 Å². The highest BCUT2D eigenvalue weighted by molar-refractivity contribution is 7.99. The molecule has 1 unspecified atom stereocenters. The van der Waals surface area contributed by atoms with Gasteiger partial charge in [-0.1, -0.05) is 24.8 Å². The van der Waals surface area contributed by atoms with Crippen molar-refractivity contribution in [3.05, 3.63) is 29.3 Å². The molecule has 7 nitrogen and oxygen atoms in total. The Hall–Kier alpha value is -2.53. The maximum absolute atomic E-state index is 12.7. The van der Waals surface area contributed by atoms with Gasteiger partial charge in [0.05, 0.1) is 11.8 Å². The first kappa shape index (κ1) is 17.8. The number of rotatable bonds is 6. The number of anilines is 2. The number of hydrogen-bond donors (Lipinski definition) is 2. The highest BCUT2D eigenvalue weighted by Gasteiger charge is 2.25. The zero-order valence-corrected chi connectivity index (χ0v) is 14.7. The van der Waals surface area contributed by atoms with Gasteiger partial charge in [0.2, 0.25) is 11.9 Å². The summed E-state index contributed by atoms with van der Waals surface area (Å²) in [6.07, 6.45) is 0.527. The summed E-state index contributed by atoms with van der Waals surface area (Å²) < 4.78 is 1.58. The first-order valence-electron chi connectivity index (χ1n) is 7.55. The van der Waals surface area contributed by atoms with Crippen LogP contribution in [0.3, 0.4) is 0 Å². The summed E-state index contributed by atoms with van der Waals surface area (Å²) in [6, 6.07) is 7.37. The minimum Gasteiger partial charge on any atom is -0.368 e. The predicted octanol–water partition coefficient (Wildman–Crippen LogP) is 2.68. The van der Waals surface area contributed by atoms with E-state index in [1.807, 2.05) is 45.0 Å². The number of nitriles is 1. The second-order valence-electron chi connectivity index (χ2n) is 5.45. The Morgan fingerprint density at radius 1 is 1.38 bits per heavy atom. The number of nitrogen functional groups attached to an aromatic ring is 1. The molecule has 1 aromatic heterocycles. The molecule has 0 bridgehead atoms. The molecule has 0 saturated carbocycles. The van der Waals surface area contributed by atoms with E-state index in [9.17, 15) is 4.79 Å². The fraction of sp³-hybridized carbons (Fsp3) is 0.375. The number of benzene rings is 1. The second kappa shape index (κ2) is 7.84. The molecule has 1 heterocycles. The fourth-order valence-electron chi connectivity index (χ4n) is 2.53. The summed E-state index contributed by atoms with van der Waals surface area (Å²) in [4.78, 5) is 12.7. The van der Waals surface area contributed by atoms with Gasteiger partial charge in [0.25, 0.3) is 0 Å². The van der Waals surface area contributed by atoms with Crippen molar-refractivity contribution in [3.63, 3.8) is 0 Å². The Morgan fingerprint density at radius 3 is 2.62 bits per heavy atom. The Balaban J connectivity index is 2.26. The number of nitrogens with two attached hydrogens (primary N) is 1. The van der Waals surface area contributed by atoms with Crippen LogP contribution in [0.25, 0.3) is 0 Å². The molecular weight excluding hydrogens is 324 g/mol. The van der Waals surface area contributed by atoms with Crippen molar-refractivity contribution in [1.82, 2.24) is 14.8 Å². The van der Waals surface area contributed by atoms with Crippen LogP contribution in [0.4, 0.5) is 11.6 Å². The number of nitrogens with one attached hydrogen (secondary N) is 1. The molecular formula is C16H20N6OS. The summed E-state index contributed by atoms with van der Waals surface area (Å²) >= 11 is 1.21. The van der Waals surface area contributed by atoms with Crippen LogP contribution < -0.4 is 11.1 Å². The predicted molar refractivity (Wildman–Crippen MR) is 94.6 cm³/mol. The van der Waals surface area contributed by atoms with Crippen LogP contribution in [0.2, 0.25) is 0 Å². The third-order valence-corrected chi connectivity index (χ3v) is 4.26. The monoisotopic (exact) mass is 344 g/mol. The number of nitrogens with zero attached hydrogens (tertiary/aromatic N) is 4. The zero-order chi connectivity index (χ0) is 17.7. The van der Waals surface area contributed by atoms with E-state index in [1.54, 1.807) is 4.57 Å². The van der Waals surface area contributed by atoms with Crippen LogP contribution in [0, 0.1) is 25.2 Å². The quantitative estimate of drug-likeness (QED) is 0.780. The number of thioether (sulfide) groups is 1. The maximum atomic E-state index is 12.7. The maximum Gasteiger partial charge on any atom is 0.247 e. The Kier molecular flexibility index (Phi) is 5.82. The van der Waals surface area contributed by atoms with Crippen LogP contribution in [-0.4, -0.2) is 26.4 Å². The highest BCUT2D eigenvalue weighted by Crippen LogP contribution is 2.26. The van der Waals surface area contributed by atoms with E-state index in [4.69, 9.17) is 11.0 Å². The van der Waals surface area contributed by atoms with Gasteiger partial charge in [-0.15, -0.1) is 10.2 Å². The molecule has 126 valence electrons. The summed E-state index contributed by atoms with van der Waals surface area (Å²) in [7, 11) is 0. The van der Waals surface area contributed by atoms with Gasteiger partial charge >= 0.3 is 0 Å². The van der Waals surface area contributed by atoms with Crippen molar-refractivity contribution in [2.24, 2.45) is 0 Å². The first-order valence-corrected chi connectivity index (χ1v) is 8.54. The fourth-order valence-corrected chi connectivity index (χ4v) is 3.19. The van der Waals surface area contributed by atoms with Crippen molar-refractivity contribution >= 4 is 29.3 Å². The SMILES string of the molecule is CCC(C(=O)Nc1cc(C)cc(C)c1)n1c(N)nnc1SCC#N. The lowest BCUT2D eigenvalue weighted by molar-refractivity contribution is -0.119. The Bertz CT molecular complexity index is 759. The van der Waals surface area contributed by atoms with Gasteiger partial charge < -0.3 is 11.1 Å². The standard InChI is InChI=1S/C16H20N6OS/c1-4-13(22-15(18)20-21-16(22)24-6-5-17)14(23)19-12-8-10(2)7-11(3)9-12/h7-9,13H,4,6H2,1-3H3,(H2,18,20)(H,19,23). The minimum atomic E-state index is -0.540. The summed E-state index contributed by atoms with van der Waals surface area (Å²) in [5.41, 5.74) is 8.78. The van der Waals surface area contributed by atoms with Crippen LogP contribution in [-0.2, 0) is 4.79 Å². The summed E-state index contributed by atoms with van der Waals surface area (Å²) in [6.45, 7) is 5.85. The van der Waals surface area contributed by atoms with Crippen molar-refractivity contribution in [2.45, 2.75) is 38.4 Å². The Morgan fingerprint density at radius 2 is 2.04 bits per heavy atom. The van der Waals surface area contributed by atoms with Crippen LogP contribution in [0.15, 0.2) is 23.4 Å². The largest absolute Gasteiger partial charge is 0.368 e. The molecule has 1 atom stereocenters. The van der Waals surface area contributed by atoms with E-state index >= 15 is 0 Å². The molecule has 0 spiro atoms. The molecule has 1 aromatic carbocycles. The molecule has 0 radical (unpaired) electrons. The van der Waals surface area contributed by atoms with Crippen LogP contribution in [0.5, 0.6) is 0 Å². The number of amides is 1. The normalized spacial score (nSPS) is 11.8. The molecule has 8 heteroatoms. The molecule has 24 heavy (non-hydrogen) atoms. The van der Waals surface area contributed by atoms with E-state index < -0.39 is 6.04 Å². The number of aryl methyl sites for hydroxylation is 2. The number of aromatic nitrogens is 3. The molecule has 0 aliphatic carbocycles. The average molecular weight is 344 g/mol. The number of hydrogen-bond acceptors (Lipinski definition) is 6. The van der Waals surface area contributed by atoms with E-state index in [-0.39, 0.29) is 17.6 Å². The molecule has 1 amide bonds. The van der Waals surface area contributed by atoms with Crippen LogP contribution >= 0.6 is 11.8 Å². The second-order valence-corrected chi connectivity index (χ2v) is 6.39. The van der Waals surface area contributed by atoms with Gasteiger partial charge in [-0.05, 0) is 43.5 Å². The third kappa shape index (κ3) is 4.06. The highest BCUT2D eigenvalue weighted by atomic mass is 32.2. The summed E-state index contributed by atoms with van der Waals surface area (Å²) in [5.74, 6) is 0.193. The van der Waals surface area contributed by atoms with E-state index in [1.165, 1.54) is 11.8 Å². The zero-order valence-electron chi connectivity index (χ0n) is 13.9. The number of carbonyl (C=O) groups excluding carboxylic acids is 1. The Labute approximate surface area is 145 Å². The van der Waals surface area contributed by atoms with Crippen molar-refractivity contribution in [1.29, 1.82) is 5.26 Å². The van der Waals surface area contributed by atoms with Gasteiger partial charge in [0, 0.05) is 5.69 Å². The molecule has 0 saturated heterocycles. The lowest BCUT2D eigenvalue weighted by Crippen LogP contribution is -2.27. The van der Waals surface area contributed by atoms with Gasteiger partial charge in [0.1, 0.15) is 6.04 Å². The summed E-state index contributed by atoms with van der Waals surface area (Å²) in [5, 5.41) is 19.9. The third-order valence-electron chi connectivity index (χ3n) is 3.45. The average Bonchev–Trinajstić information content (AvgIpc) is 2.86. The topological polar surface area (TPSA) is 110 Å². The minimum absolute atomic E-state index is 0.165. The van der Waals surface area contributed by atoms with Gasteiger partial charge in [0.15, 0.2) is 5.16 Å². The van der Waals surface area contributed by atoms with Crippen molar-refractivity contribution < 1.29 is 4.79 Å². The van der Waals surface area contributed by atoms with Crippen LogP contribution in [0.1, 0.15) is 30.5 Å². The van der Waals surface area contributed by atoms with E-state index in [2.05, 4.69) is 15.5 Å². The van der Waals surface area contributed by atoms with Crippen molar-refractivity contribution in [3.8, 4) is 6.07 Å². The van der Waals surface area contributed by atoms with Crippen molar-refractivity contribution in [2.75, 3.05) is 16.8 Å². The first-order chi connectivity index (χ1) is 11.5. The lowest BCUT2D eigenvalue weighted by atomic mass is 10.1. The molecule has 2 rings (SSSR count). The molecule has 0 fully saturated rings. The molecule has 3 N–H and O–H groups in total. The lowest BCUT2D eigenvalue weighted by Gasteiger charge is -2.19. The number of carbonyl (C=O) groups is 1. The van der Waals surface area contributed by atoms with E-state index in [0.29, 0.717) is 11.6 Å². The molecule has 0 aliphatic rings. The van der Waals surface area contributed by atoms with Gasteiger partial charge in [-0.25, -0.2) is 0 Å². The smallest absolute Gasteiger partial charge is 0.247 e. The molecule has 2 aromatic rings. The van der Waals surface area contributed by atoms with E-state index in [0.717, 1.165) is 16.8 Å². The molecule has 0 aliphatic heterocycles. The van der Waals surface area contributed by atoms with Gasteiger partial charge in [-0.3, -0.25) is 9.36 Å².